The minimum Gasteiger partial charge on any atom is -0.339 e. The van der Waals surface area contributed by atoms with Crippen LogP contribution >= 0.6 is 0 Å². The fraction of sp³-hybridized carbons (Fsp3) is 0.750. The van der Waals surface area contributed by atoms with Gasteiger partial charge in [0.15, 0.2) is 0 Å². The molecule has 1 atom stereocenters. The maximum atomic E-state index is 11.6. The van der Waals surface area contributed by atoms with Crippen molar-refractivity contribution in [1.82, 2.24) is 4.90 Å². The fourth-order valence-corrected chi connectivity index (χ4v) is 2.00. The predicted octanol–water partition coefficient (Wildman–Crippen LogP) is 2.46. The summed E-state index contributed by atoms with van der Waals surface area (Å²) in [7, 11) is 0. The molecule has 1 aliphatic heterocycles. The van der Waals surface area contributed by atoms with Crippen LogP contribution in [0.25, 0.3) is 0 Å². The standard InChI is InChI=1S/C12H21NO/c1-4-6-12(14)13-8-5-7-11(9-13)10(2)3/h4,6,10-11H,5,7-9H2,1-3H3. The Labute approximate surface area is 87.0 Å². The highest BCUT2D eigenvalue weighted by molar-refractivity contribution is 5.87. The molecule has 14 heavy (non-hydrogen) atoms. The number of allylic oxidation sites excluding steroid dienone is 1. The third-order valence-electron chi connectivity index (χ3n) is 3.02. The SMILES string of the molecule is CC=CC(=O)N1CCCC(C(C)C)C1. The Morgan fingerprint density at radius 1 is 1.50 bits per heavy atom. The van der Waals surface area contributed by atoms with Gasteiger partial charge in [-0.3, -0.25) is 4.79 Å². The minimum absolute atomic E-state index is 0.179. The van der Waals surface area contributed by atoms with Crippen molar-refractivity contribution in [2.24, 2.45) is 11.8 Å². The highest BCUT2D eigenvalue weighted by Crippen LogP contribution is 2.23. The molecule has 1 unspecified atom stereocenters. The number of likely N-dealkylation sites (tertiary alicyclic amines) is 1. The Hall–Kier alpha value is -0.790. The van der Waals surface area contributed by atoms with Crippen LogP contribution in [0.1, 0.15) is 33.6 Å². The van der Waals surface area contributed by atoms with Gasteiger partial charge in [-0.05, 0) is 37.7 Å². The summed E-state index contributed by atoms with van der Waals surface area (Å²) in [5.41, 5.74) is 0. The Kier molecular flexibility index (Phi) is 4.18. The van der Waals surface area contributed by atoms with Crippen molar-refractivity contribution in [2.75, 3.05) is 13.1 Å². The van der Waals surface area contributed by atoms with Gasteiger partial charge in [0.2, 0.25) is 5.91 Å². The highest BCUT2D eigenvalue weighted by atomic mass is 16.2. The number of carbonyl (C=O) groups is 1. The number of hydrogen-bond donors (Lipinski definition) is 0. The van der Waals surface area contributed by atoms with E-state index in [2.05, 4.69) is 13.8 Å². The zero-order chi connectivity index (χ0) is 10.6. The van der Waals surface area contributed by atoms with Gasteiger partial charge in [0, 0.05) is 13.1 Å². The molecule has 0 aromatic rings. The number of amides is 1. The largest absolute Gasteiger partial charge is 0.339 e. The maximum absolute atomic E-state index is 11.6. The van der Waals surface area contributed by atoms with Gasteiger partial charge < -0.3 is 4.90 Å². The molecule has 2 nitrogen and oxygen atoms in total. The van der Waals surface area contributed by atoms with Gasteiger partial charge in [0.1, 0.15) is 0 Å². The summed E-state index contributed by atoms with van der Waals surface area (Å²) in [6.07, 6.45) is 5.92. The molecule has 0 spiro atoms. The third-order valence-corrected chi connectivity index (χ3v) is 3.02. The Bertz CT molecular complexity index is 220. The quantitative estimate of drug-likeness (QED) is 0.620. The van der Waals surface area contributed by atoms with Gasteiger partial charge in [-0.25, -0.2) is 0 Å². The predicted molar refractivity (Wildman–Crippen MR) is 59.0 cm³/mol. The molecule has 0 aromatic heterocycles. The first-order chi connectivity index (χ1) is 6.65. The molecular weight excluding hydrogens is 174 g/mol. The zero-order valence-corrected chi connectivity index (χ0v) is 9.49. The second-order valence-corrected chi connectivity index (χ2v) is 4.43. The Morgan fingerprint density at radius 3 is 2.79 bits per heavy atom. The second-order valence-electron chi connectivity index (χ2n) is 4.43. The molecule has 80 valence electrons. The molecular formula is C12H21NO. The van der Waals surface area contributed by atoms with E-state index < -0.39 is 0 Å². The number of nitrogens with zero attached hydrogens (tertiary/aromatic N) is 1. The molecule has 1 rings (SSSR count). The van der Waals surface area contributed by atoms with Crippen molar-refractivity contribution in [1.29, 1.82) is 0 Å². The third kappa shape index (κ3) is 2.86. The van der Waals surface area contributed by atoms with Crippen LogP contribution in [0.4, 0.5) is 0 Å². The summed E-state index contributed by atoms with van der Waals surface area (Å²) in [5, 5.41) is 0. The summed E-state index contributed by atoms with van der Waals surface area (Å²) < 4.78 is 0. The number of hydrogen-bond acceptors (Lipinski definition) is 1. The highest BCUT2D eigenvalue weighted by Gasteiger charge is 2.23. The molecule has 1 amide bonds. The van der Waals surface area contributed by atoms with Crippen molar-refractivity contribution < 1.29 is 4.79 Å². The van der Waals surface area contributed by atoms with Gasteiger partial charge in [-0.1, -0.05) is 19.9 Å². The molecule has 1 fully saturated rings. The van der Waals surface area contributed by atoms with Crippen LogP contribution in [0.2, 0.25) is 0 Å². The van der Waals surface area contributed by atoms with E-state index in [1.165, 1.54) is 6.42 Å². The van der Waals surface area contributed by atoms with E-state index in [0.717, 1.165) is 19.5 Å². The average molecular weight is 195 g/mol. The molecule has 1 aliphatic rings. The summed E-state index contributed by atoms with van der Waals surface area (Å²) in [6, 6.07) is 0. The monoisotopic (exact) mass is 195 g/mol. The lowest BCUT2D eigenvalue weighted by molar-refractivity contribution is -0.128. The Morgan fingerprint density at radius 2 is 2.21 bits per heavy atom. The van der Waals surface area contributed by atoms with Crippen LogP contribution in [-0.4, -0.2) is 23.9 Å². The summed E-state index contributed by atoms with van der Waals surface area (Å²) in [5.74, 6) is 1.56. The van der Waals surface area contributed by atoms with E-state index in [1.807, 2.05) is 17.9 Å². The van der Waals surface area contributed by atoms with Gasteiger partial charge in [0.05, 0.1) is 0 Å². The van der Waals surface area contributed by atoms with Crippen LogP contribution < -0.4 is 0 Å². The number of piperidine rings is 1. The maximum Gasteiger partial charge on any atom is 0.246 e. The number of rotatable bonds is 2. The van der Waals surface area contributed by atoms with E-state index in [4.69, 9.17) is 0 Å². The van der Waals surface area contributed by atoms with Crippen LogP contribution in [0, 0.1) is 11.8 Å². The molecule has 0 aliphatic carbocycles. The first-order valence-corrected chi connectivity index (χ1v) is 5.56. The van der Waals surface area contributed by atoms with Crippen LogP contribution in [0.5, 0.6) is 0 Å². The van der Waals surface area contributed by atoms with Crippen molar-refractivity contribution in [2.45, 2.75) is 33.6 Å². The van der Waals surface area contributed by atoms with Crippen LogP contribution in [0.3, 0.4) is 0 Å². The van der Waals surface area contributed by atoms with Gasteiger partial charge >= 0.3 is 0 Å². The first-order valence-electron chi connectivity index (χ1n) is 5.56. The van der Waals surface area contributed by atoms with E-state index in [1.54, 1.807) is 6.08 Å². The van der Waals surface area contributed by atoms with Crippen LogP contribution in [0.15, 0.2) is 12.2 Å². The smallest absolute Gasteiger partial charge is 0.246 e. The lowest BCUT2D eigenvalue weighted by Crippen LogP contribution is -2.40. The molecule has 0 N–H and O–H groups in total. The summed E-state index contributed by atoms with van der Waals surface area (Å²) in [6.45, 7) is 8.26. The van der Waals surface area contributed by atoms with Crippen molar-refractivity contribution in [3.8, 4) is 0 Å². The molecule has 2 heteroatoms. The van der Waals surface area contributed by atoms with Gasteiger partial charge in [0.25, 0.3) is 0 Å². The molecule has 0 saturated carbocycles. The van der Waals surface area contributed by atoms with E-state index in [-0.39, 0.29) is 5.91 Å². The van der Waals surface area contributed by atoms with Crippen LogP contribution in [-0.2, 0) is 4.79 Å². The molecule has 1 heterocycles. The molecule has 0 aromatic carbocycles. The summed E-state index contributed by atoms with van der Waals surface area (Å²) >= 11 is 0. The minimum atomic E-state index is 0.179. The molecule has 1 saturated heterocycles. The van der Waals surface area contributed by atoms with Crippen molar-refractivity contribution in [3.05, 3.63) is 12.2 Å². The zero-order valence-electron chi connectivity index (χ0n) is 9.49. The van der Waals surface area contributed by atoms with Gasteiger partial charge in [-0.2, -0.15) is 0 Å². The van der Waals surface area contributed by atoms with Crippen molar-refractivity contribution in [3.63, 3.8) is 0 Å². The topological polar surface area (TPSA) is 20.3 Å². The average Bonchev–Trinajstić information content (AvgIpc) is 2.18. The Balaban J connectivity index is 2.51. The van der Waals surface area contributed by atoms with E-state index in [0.29, 0.717) is 11.8 Å². The summed E-state index contributed by atoms with van der Waals surface area (Å²) in [4.78, 5) is 13.6. The fourth-order valence-electron chi connectivity index (χ4n) is 2.00. The normalized spacial score (nSPS) is 23.4. The van der Waals surface area contributed by atoms with E-state index >= 15 is 0 Å². The number of carbonyl (C=O) groups excluding carboxylic acids is 1. The molecule has 0 bridgehead atoms. The lowest BCUT2D eigenvalue weighted by Gasteiger charge is -2.34. The molecule has 0 radical (unpaired) electrons. The van der Waals surface area contributed by atoms with E-state index in [9.17, 15) is 4.79 Å². The van der Waals surface area contributed by atoms with Crippen molar-refractivity contribution >= 4 is 5.91 Å². The van der Waals surface area contributed by atoms with Gasteiger partial charge in [-0.15, -0.1) is 0 Å². The second kappa shape index (κ2) is 5.18. The lowest BCUT2D eigenvalue weighted by atomic mass is 9.88. The first kappa shape index (κ1) is 11.3.